The van der Waals surface area contributed by atoms with Crippen LogP contribution < -0.4 is 5.73 Å². The van der Waals surface area contributed by atoms with Gasteiger partial charge in [0, 0.05) is 12.8 Å². The Labute approximate surface area is 88.0 Å². The van der Waals surface area contributed by atoms with E-state index >= 15 is 0 Å². The first-order chi connectivity index (χ1) is 6.57. The molecule has 0 aromatic carbocycles. The van der Waals surface area contributed by atoms with Gasteiger partial charge in [0.05, 0.1) is 5.60 Å². The van der Waals surface area contributed by atoms with Crippen LogP contribution in [0.3, 0.4) is 0 Å². The van der Waals surface area contributed by atoms with Gasteiger partial charge in [0.1, 0.15) is 0 Å². The van der Waals surface area contributed by atoms with E-state index in [1.54, 1.807) is 20.8 Å². The SMILES string of the molecule is CC(C)(C)O[C@](N)(CCC(=O)O)C(=O)O. The van der Waals surface area contributed by atoms with E-state index in [1.807, 2.05) is 0 Å². The first-order valence-corrected chi connectivity index (χ1v) is 4.51. The fraction of sp³-hybridized carbons (Fsp3) is 0.778. The Morgan fingerprint density at radius 3 is 2.00 bits per heavy atom. The minimum atomic E-state index is -1.95. The molecular formula is C9H17NO5. The number of hydrogen-bond donors (Lipinski definition) is 3. The molecule has 0 aliphatic carbocycles. The number of carboxylic acids is 2. The zero-order chi connectivity index (χ0) is 12.3. The van der Waals surface area contributed by atoms with Crippen LogP contribution in [0.15, 0.2) is 0 Å². The molecule has 6 heteroatoms. The van der Waals surface area contributed by atoms with Crippen molar-refractivity contribution >= 4 is 11.9 Å². The molecule has 0 aliphatic rings. The minimum Gasteiger partial charge on any atom is -0.481 e. The largest absolute Gasteiger partial charge is 0.481 e. The summed E-state index contributed by atoms with van der Waals surface area (Å²) in [6.45, 7) is 4.95. The average molecular weight is 219 g/mol. The molecule has 0 aromatic rings. The fourth-order valence-corrected chi connectivity index (χ4v) is 1.04. The maximum absolute atomic E-state index is 10.9. The minimum absolute atomic E-state index is 0.269. The smallest absolute Gasteiger partial charge is 0.351 e. The van der Waals surface area contributed by atoms with Crippen molar-refractivity contribution in [1.82, 2.24) is 0 Å². The summed E-state index contributed by atoms with van der Waals surface area (Å²) in [4.78, 5) is 21.2. The van der Waals surface area contributed by atoms with Crippen molar-refractivity contribution < 1.29 is 24.5 Å². The van der Waals surface area contributed by atoms with Crippen LogP contribution in [0.5, 0.6) is 0 Å². The summed E-state index contributed by atoms with van der Waals surface area (Å²) >= 11 is 0. The highest BCUT2D eigenvalue weighted by Gasteiger charge is 2.39. The van der Waals surface area contributed by atoms with Crippen molar-refractivity contribution in [2.24, 2.45) is 5.73 Å². The third-order valence-electron chi connectivity index (χ3n) is 1.56. The van der Waals surface area contributed by atoms with Crippen LogP contribution in [-0.4, -0.2) is 33.5 Å². The van der Waals surface area contributed by atoms with Gasteiger partial charge in [0.2, 0.25) is 5.72 Å². The van der Waals surface area contributed by atoms with Gasteiger partial charge in [-0.1, -0.05) is 0 Å². The Hall–Kier alpha value is -1.14. The third-order valence-corrected chi connectivity index (χ3v) is 1.56. The van der Waals surface area contributed by atoms with Gasteiger partial charge in [-0.05, 0) is 20.8 Å². The molecule has 0 unspecified atom stereocenters. The Morgan fingerprint density at radius 2 is 1.73 bits per heavy atom. The van der Waals surface area contributed by atoms with Crippen LogP contribution in [0.2, 0.25) is 0 Å². The molecular weight excluding hydrogens is 202 g/mol. The van der Waals surface area contributed by atoms with Crippen molar-refractivity contribution in [3.63, 3.8) is 0 Å². The predicted octanol–water partition coefficient (Wildman–Crippen LogP) is 0.406. The molecule has 88 valence electrons. The van der Waals surface area contributed by atoms with Crippen LogP contribution in [0, 0.1) is 0 Å². The Kier molecular flexibility index (Phi) is 4.24. The van der Waals surface area contributed by atoms with E-state index in [2.05, 4.69) is 0 Å². The van der Waals surface area contributed by atoms with E-state index in [0.717, 1.165) is 0 Å². The van der Waals surface area contributed by atoms with Crippen molar-refractivity contribution in [3.8, 4) is 0 Å². The molecule has 0 bridgehead atoms. The molecule has 4 N–H and O–H groups in total. The number of carboxylic acid groups (broad SMARTS) is 2. The molecule has 0 aliphatic heterocycles. The normalized spacial score (nSPS) is 15.7. The predicted molar refractivity (Wildman–Crippen MR) is 52.3 cm³/mol. The third kappa shape index (κ3) is 5.34. The first-order valence-electron chi connectivity index (χ1n) is 4.51. The standard InChI is InChI=1S/C9H17NO5/c1-8(2,3)15-9(10,7(13)14)5-4-6(11)12/h4-5,10H2,1-3H3,(H,11,12)(H,13,14)/t9-/m1/s1. The second kappa shape index (κ2) is 4.59. The summed E-state index contributed by atoms with van der Waals surface area (Å²) in [5.74, 6) is -2.47. The molecule has 1 atom stereocenters. The second-order valence-electron chi connectivity index (χ2n) is 4.30. The Balaban J connectivity index is 4.60. The van der Waals surface area contributed by atoms with Gasteiger partial charge in [-0.2, -0.15) is 0 Å². The molecule has 0 heterocycles. The lowest BCUT2D eigenvalue weighted by Gasteiger charge is -2.32. The van der Waals surface area contributed by atoms with E-state index in [4.69, 9.17) is 20.7 Å². The number of rotatable bonds is 5. The summed E-state index contributed by atoms with van der Waals surface area (Å²) in [7, 11) is 0. The van der Waals surface area contributed by atoms with Gasteiger partial charge in [-0.25, -0.2) is 4.79 Å². The van der Waals surface area contributed by atoms with Crippen molar-refractivity contribution in [1.29, 1.82) is 0 Å². The Morgan fingerprint density at radius 1 is 1.27 bits per heavy atom. The molecule has 6 nitrogen and oxygen atoms in total. The zero-order valence-corrected chi connectivity index (χ0v) is 9.11. The van der Waals surface area contributed by atoms with Crippen LogP contribution in [0.1, 0.15) is 33.6 Å². The molecule has 0 radical (unpaired) electrons. The van der Waals surface area contributed by atoms with Crippen LogP contribution >= 0.6 is 0 Å². The van der Waals surface area contributed by atoms with E-state index < -0.39 is 23.3 Å². The number of nitrogens with two attached hydrogens (primary N) is 1. The monoisotopic (exact) mass is 219 g/mol. The van der Waals surface area contributed by atoms with E-state index in [1.165, 1.54) is 0 Å². The number of hydrogen-bond acceptors (Lipinski definition) is 4. The average Bonchev–Trinajstić information content (AvgIpc) is 1.97. The maximum atomic E-state index is 10.9. The number of carbonyl (C=O) groups is 2. The van der Waals surface area contributed by atoms with Crippen molar-refractivity contribution in [3.05, 3.63) is 0 Å². The fourth-order valence-electron chi connectivity index (χ4n) is 1.04. The quantitative estimate of drug-likeness (QED) is 0.577. The van der Waals surface area contributed by atoms with E-state index in [-0.39, 0.29) is 12.8 Å². The molecule has 0 fully saturated rings. The molecule has 15 heavy (non-hydrogen) atoms. The molecule has 0 amide bonds. The van der Waals surface area contributed by atoms with Gasteiger partial charge in [0.25, 0.3) is 0 Å². The Bertz CT molecular complexity index is 258. The summed E-state index contributed by atoms with van der Waals surface area (Å²) in [5.41, 5.74) is 2.80. The lowest BCUT2D eigenvalue weighted by atomic mass is 10.1. The highest BCUT2D eigenvalue weighted by atomic mass is 16.6. The van der Waals surface area contributed by atoms with Gasteiger partial charge in [-0.3, -0.25) is 10.5 Å². The molecule has 0 saturated carbocycles. The molecule has 0 spiro atoms. The summed E-state index contributed by atoms with van der Waals surface area (Å²) < 4.78 is 5.15. The number of ether oxygens (including phenoxy) is 1. The van der Waals surface area contributed by atoms with Crippen LogP contribution in [0.4, 0.5) is 0 Å². The van der Waals surface area contributed by atoms with Crippen molar-refractivity contribution in [2.75, 3.05) is 0 Å². The van der Waals surface area contributed by atoms with Gasteiger partial charge in [0.15, 0.2) is 0 Å². The van der Waals surface area contributed by atoms with E-state index in [0.29, 0.717) is 0 Å². The van der Waals surface area contributed by atoms with Crippen LogP contribution in [0.25, 0.3) is 0 Å². The molecule has 0 rings (SSSR count). The first kappa shape index (κ1) is 13.9. The van der Waals surface area contributed by atoms with Gasteiger partial charge in [-0.15, -0.1) is 0 Å². The lowest BCUT2D eigenvalue weighted by Crippen LogP contribution is -2.54. The summed E-state index contributed by atoms with van der Waals surface area (Å²) in [6.07, 6.45) is -0.617. The van der Waals surface area contributed by atoms with Gasteiger partial charge >= 0.3 is 11.9 Å². The maximum Gasteiger partial charge on any atom is 0.351 e. The summed E-state index contributed by atoms with van der Waals surface area (Å²) in [5, 5.41) is 17.3. The molecule has 0 aromatic heterocycles. The van der Waals surface area contributed by atoms with Crippen molar-refractivity contribution in [2.45, 2.75) is 44.9 Å². The zero-order valence-electron chi connectivity index (χ0n) is 9.11. The second-order valence-corrected chi connectivity index (χ2v) is 4.30. The van der Waals surface area contributed by atoms with Gasteiger partial charge < -0.3 is 14.9 Å². The number of aliphatic carboxylic acids is 2. The highest BCUT2D eigenvalue weighted by Crippen LogP contribution is 2.20. The highest BCUT2D eigenvalue weighted by molar-refractivity contribution is 5.77. The van der Waals surface area contributed by atoms with E-state index in [9.17, 15) is 9.59 Å². The summed E-state index contributed by atoms with van der Waals surface area (Å²) in [6, 6.07) is 0. The lowest BCUT2D eigenvalue weighted by molar-refractivity contribution is -0.186. The van der Waals surface area contributed by atoms with Crippen LogP contribution in [-0.2, 0) is 14.3 Å². The topological polar surface area (TPSA) is 110 Å². The molecule has 0 saturated heterocycles.